The van der Waals surface area contributed by atoms with E-state index < -0.39 is 5.63 Å². The number of ether oxygens (including phenoxy) is 1. The molecule has 6 nitrogen and oxygen atoms in total. The van der Waals surface area contributed by atoms with E-state index in [2.05, 4.69) is 22.9 Å². The summed E-state index contributed by atoms with van der Waals surface area (Å²) in [5.41, 5.74) is 4.16. The van der Waals surface area contributed by atoms with Gasteiger partial charge < -0.3 is 19.5 Å². The molecule has 4 rings (SSSR count). The number of nitrogens with one attached hydrogen (secondary N) is 2. The van der Waals surface area contributed by atoms with Crippen molar-refractivity contribution in [2.75, 3.05) is 6.61 Å². The van der Waals surface area contributed by atoms with Gasteiger partial charge in [-0.3, -0.25) is 4.79 Å². The van der Waals surface area contributed by atoms with E-state index in [-0.39, 0.29) is 18.4 Å². The standard InChI is InChI=1S/C27H28N2O4/c1-16(2)15-32-20-9-10-21-18(4)23(27(31)33-25(21)12-20)13-26(30)29-17(3)11-19-14-28-24-8-6-5-7-22(19)24/h5-10,12,14,17,28H,1,11,13,15H2,2-4H3,(H,29,30). The number of H-pyrrole nitrogens is 1. The van der Waals surface area contributed by atoms with E-state index in [9.17, 15) is 9.59 Å². The number of hydrogen-bond donors (Lipinski definition) is 2. The van der Waals surface area contributed by atoms with E-state index in [1.54, 1.807) is 6.07 Å². The summed E-state index contributed by atoms with van der Waals surface area (Å²) in [7, 11) is 0. The van der Waals surface area contributed by atoms with E-state index in [1.165, 1.54) is 0 Å². The molecule has 2 N–H and O–H groups in total. The Morgan fingerprint density at radius 2 is 2.00 bits per heavy atom. The van der Waals surface area contributed by atoms with Crippen LogP contribution in [0.4, 0.5) is 0 Å². The largest absolute Gasteiger partial charge is 0.489 e. The van der Waals surface area contributed by atoms with E-state index in [1.807, 2.05) is 57.3 Å². The van der Waals surface area contributed by atoms with Crippen LogP contribution in [-0.4, -0.2) is 23.5 Å². The first kappa shape index (κ1) is 22.4. The van der Waals surface area contributed by atoms with E-state index in [0.29, 0.717) is 29.9 Å². The topological polar surface area (TPSA) is 84.3 Å². The number of benzene rings is 2. The molecule has 1 unspecified atom stereocenters. The summed E-state index contributed by atoms with van der Waals surface area (Å²) in [6.07, 6.45) is 2.63. The molecule has 0 bridgehead atoms. The second-order valence-corrected chi connectivity index (χ2v) is 8.61. The van der Waals surface area contributed by atoms with Crippen molar-refractivity contribution in [2.24, 2.45) is 0 Å². The fraction of sp³-hybridized carbons (Fsp3) is 0.259. The Balaban J connectivity index is 1.47. The summed E-state index contributed by atoms with van der Waals surface area (Å²) in [4.78, 5) is 28.6. The van der Waals surface area contributed by atoms with Crippen LogP contribution >= 0.6 is 0 Å². The van der Waals surface area contributed by atoms with Crippen LogP contribution in [0.25, 0.3) is 21.9 Å². The molecule has 1 atom stereocenters. The van der Waals surface area contributed by atoms with Crippen molar-refractivity contribution < 1.29 is 13.9 Å². The molecule has 0 aliphatic carbocycles. The zero-order chi connectivity index (χ0) is 23.5. The molecule has 2 aromatic carbocycles. The Bertz CT molecular complexity index is 1400. The van der Waals surface area contributed by atoms with Crippen molar-refractivity contribution in [3.8, 4) is 5.75 Å². The maximum atomic E-state index is 12.7. The maximum Gasteiger partial charge on any atom is 0.340 e. The van der Waals surface area contributed by atoms with Crippen LogP contribution in [0.2, 0.25) is 0 Å². The monoisotopic (exact) mass is 444 g/mol. The summed E-state index contributed by atoms with van der Waals surface area (Å²) < 4.78 is 11.2. The number of hydrogen-bond acceptors (Lipinski definition) is 4. The van der Waals surface area contributed by atoms with Crippen molar-refractivity contribution in [3.05, 3.63) is 87.9 Å². The quantitative estimate of drug-likeness (QED) is 0.301. The minimum absolute atomic E-state index is 0.0315. The molecule has 0 aliphatic rings. The third kappa shape index (κ3) is 5.00. The molecule has 0 fully saturated rings. The highest BCUT2D eigenvalue weighted by Gasteiger charge is 2.17. The number of para-hydroxylation sites is 1. The lowest BCUT2D eigenvalue weighted by Gasteiger charge is -2.14. The van der Waals surface area contributed by atoms with E-state index in [4.69, 9.17) is 9.15 Å². The van der Waals surface area contributed by atoms with Gasteiger partial charge in [-0.2, -0.15) is 0 Å². The number of aromatic amines is 1. The number of carbonyl (C=O) groups is 1. The normalized spacial score (nSPS) is 12.1. The van der Waals surface area contributed by atoms with Gasteiger partial charge in [0.15, 0.2) is 0 Å². The van der Waals surface area contributed by atoms with Gasteiger partial charge in [-0.1, -0.05) is 24.8 Å². The van der Waals surface area contributed by atoms with Crippen molar-refractivity contribution >= 4 is 27.8 Å². The molecule has 0 saturated heterocycles. The molecular formula is C27H28N2O4. The van der Waals surface area contributed by atoms with Crippen LogP contribution in [0.5, 0.6) is 5.75 Å². The summed E-state index contributed by atoms with van der Waals surface area (Å²) in [5, 5.41) is 4.94. The molecule has 2 aromatic heterocycles. The molecule has 0 spiro atoms. The predicted octanol–water partition coefficient (Wildman–Crippen LogP) is 4.83. The van der Waals surface area contributed by atoms with E-state index >= 15 is 0 Å². The zero-order valence-electron chi connectivity index (χ0n) is 19.2. The van der Waals surface area contributed by atoms with Crippen molar-refractivity contribution in [1.29, 1.82) is 0 Å². The van der Waals surface area contributed by atoms with Gasteiger partial charge in [0.1, 0.15) is 17.9 Å². The van der Waals surface area contributed by atoms with Crippen molar-refractivity contribution in [2.45, 2.75) is 39.7 Å². The second-order valence-electron chi connectivity index (χ2n) is 8.61. The SMILES string of the molecule is C=C(C)COc1ccc2c(C)c(CC(=O)NC(C)Cc3c[nH]c4ccccc34)c(=O)oc2c1. The van der Waals surface area contributed by atoms with Crippen molar-refractivity contribution in [3.63, 3.8) is 0 Å². The average molecular weight is 445 g/mol. The number of aromatic nitrogens is 1. The Kier molecular flexibility index (Phi) is 6.36. The fourth-order valence-electron chi connectivity index (χ4n) is 4.04. The molecule has 1 amide bonds. The van der Waals surface area contributed by atoms with Crippen LogP contribution < -0.4 is 15.7 Å². The minimum Gasteiger partial charge on any atom is -0.489 e. The highest BCUT2D eigenvalue weighted by Crippen LogP contribution is 2.25. The molecule has 0 radical (unpaired) electrons. The molecule has 0 saturated carbocycles. The first-order valence-corrected chi connectivity index (χ1v) is 11.0. The van der Waals surface area contributed by atoms with Crippen LogP contribution in [0, 0.1) is 6.92 Å². The van der Waals surface area contributed by atoms with Gasteiger partial charge in [0.05, 0.1) is 12.0 Å². The summed E-state index contributed by atoms with van der Waals surface area (Å²) in [5.74, 6) is 0.392. The number of amides is 1. The Hall–Kier alpha value is -3.80. The molecule has 0 aliphatic heterocycles. The van der Waals surface area contributed by atoms with Crippen LogP contribution in [0.1, 0.15) is 30.5 Å². The van der Waals surface area contributed by atoms with Gasteiger partial charge in [0, 0.05) is 34.6 Å². The second kappa shape index (κ2) is 9.36. The van der Waals surface area contributed by atoms with Crippen LogP contribution in [0.15, 0.2) is 70.0 Å². The van der Waals surface area contributed by atoms with Gasteiger partial charge in [0.25, 0.3) is 0 Å². The summed E-state index contributed by atoms with van der Waals surface area (Å²) in [6.45, 7) is 9.89. The number of fused-ring (bicyclic) bond motifs is 2. The molecule has 4 aromatic rings. The number of carbonyl (C=O) groups excluding carboxylic acids is 1. The van der Waals surface area contributed by atoms with Crippen molar-refractivity contribution in [1.82, 2.24) is 10.3 Å². The summed E-state index contributed by atoms with van der Waals surface area (Å²) >= 11 is 0. The van der Waals surface area contributed by atoms with Gasteiger partial charge in [-0.25, -0.2) is 4.79 Å². The number of rotatable bonds is 8. The fourth-order valence-corrected chi connectivity index (χ4v) is 4.04. The van der Waals surface area contributed by atoms with Gasteiger partial charge >= 0.3 is 5.63 Å². The van der Waals surface area contributed by atoms with Gasteiger partial charge in [-0.05, 0) is 62.1 Å². The first-order chi connectivity index (χ1) is 15.8. The van der Waals surface area contributed by atoms with E-state index in [0.717, 1.165) is 33.0 Å². The van der Waals surface area contributed by atoms with Gasteiger partial charge in [-0.15, -0.1) is 0 Å². The molecule has 2 heterocycles. The Morgan fingerprint density at radius 1 is 1.21 bits per heavy atom. The number of aryl methyl sites for hydroxylation is 1. The minimum atomic E-state index is -0.503. The van der Waals surface area contributed by atoms with Gasteiger partial charge in [0.2, 0.25) is 5.91 Å². The molecule has 6 heteroatoms. The third-order valence-corrected chi connectivity index (χ3v) is 5.69. The lowest BCUT2D eigenvalue weighted by molar-refractivity contribution is -0.121. The highest BCUT2D eigenvalue weighted by atomic mass is 16.5. The zero-order valence-corrected chi connectivity index (χ0v) is 19.2. The summed E-state index contributed by atoms with van der Waals surface area (Å²) in [6, 6.07) is 13.4. The highest BCUT2D eigenvalue weighted by molar-refractivity contribution is 5.86. The third-order valence-electron chi connectivity index (χ3n) is 5.69. The first-order valence-electron chi connectivity index (χ1n) is 11.0. The molecular weight excluding hydrogens is 416 g/mol. The van der Waals surface area contributed by atoms with Crippen LogP contribution in [0.3, 0.4) is 0 Å². The predicted molar refractivity (Wildman–Crippen MR) is 131 cm³/mol. The Labute approximate surface area is 192 Å². The smallest absolute Gasteiger partial charge is 0.340 e. The van der Waals surface area contributed by atoms with Crippen LogP contribution in [-0.2, 0) is 17.6 Å². The lowest BCUT2D eigenvalue weighted by atomic mass is 10.0. The lowest BCUT2D eigenvalue weighted by Crippen LogP contribution is -2.36. The average Bonchev–Trinajstić information content (AvgIpc) is 3.17. The maximum absolute atomic E-state index is 12.7. The molecule has 170 valence electrons. The Morgan fingerprint density at radius 3 is 2.79 bits per heavy atom. The molecule has 33 heavy (non-hydrogen) atoms.